The van der Waals surface area contributed by atoms with E-state index in [1.54, 1.807) is 13.0 Å². The van der Waals surface area contributed by atoms with Crippen molar-refractivity contribution in [3.63, 3.8) is 0 Å². The van der Waals surface area contributed by atoms with E-state index in [-0.39, 0.29) is 31.4 Å². The van der Waals surface area contributed by atoms with Crippen LogP contribution in [0, 0.1) is 0 Å². The molecule has 0 spiro atoms. The van der Waals surface area contributed by atoms with E-state index in [1.807, 2.05) is 54.6 Å². The summed E-state index contributed by atoms with van der Waals surface area (Å²) in [6, 6.07) is 18.1. The van der Waals surface area contributed by atoms with Crippen LogP contribution in [-0.2, 0) is 14.3 Å². The number of halogens is 1. The highest BCUT2D eigenvalue weighted by molar-refractivity contribution is 7.16. The SMILES string of the molecule is CC(NC(=O)C(CCC(=O)O)NC(=O)OCC1c2ccccc2-c2ccccc21)c1ccc(Cl)s1. The van der Waals surface area contributed by atoms with Crippen LogP contribution in [0.5, 0.6) is 0 Å². The molecule has 1 aliphatic carbocycles. The highest BCUT2D eigenvalue weighted by atomic mass is 35.5. The summed E-state index contributed by atoms with van der Waals surface area (Å²) in [4.78, 5) is 37.5. The van der Waals surface area contributed by atoms with E-state index >= 15 is 0 Å². The van der Waals surface area contributed by atoms with Gasteiger partial charge in [0.2, 0.25) is 5.91 Å². The lowest BCUT2D eigenvalue weighted by Gasteiger charge is -2.21. The van der Waals surface area contributed by atoms with E-state index in [1.165, 1.54) is 11.3 Å². The summed E-state index contributed by atoms with van der Waals surface area (Å²) in [5, 5.41) is 14.4. The Morgan fingerprint density at radius 1 is 1.00 bits per heavy atom. The molecule has 2 aromatic carbocycles. The minimum Gasteiger partial charge on any atom is -0.481 e. The minimum absolute atomic E-state index is 0.0662. The molecule has 1 heterocycles. The molecule has 182 valence electrons. The molecule has 3 N–H and O–H groups in total. The molecule has 0 radical (unpaired) electrons. The summed E-state index contributed by atoms with van der Waals surface area (Å²) in [5.41, 5.74) is 4.37. The maximum absolute atomic E-state index is 12.9. The highest BCUT2D eigenvalue weighted by Crippen LogP contribution is 2.44. The van der Waals surface area contributed by atoms with Crippen LogP contribution >= 0.6 is 22.9 Å². The molecule has 1 aromatic heterocycles. The number of ether oxygens (including phenoxy) is 1. The van der Waals surface area contributed by atoms with Gasteiger partial charge in [-0.1, -0.05) is 60.1 Å². The first-order valence-corrected chi connectivity index (χ1v) is 12.4. The summed E-state index contributed by atoms with van der Waals surface area (Å²) in [7, 11) is 0. The first kappa shape index (κ1) is 24.8. The number of hydrogen-bond acceptors (Lipinski definition) is 5. The molecule has 9 heteroatoms. The van der Waals surface area contributed by atoms with Crippen molar-refractivity contribution in [1.29, 1.82) is 0 Å². The third-order valence-corrected chi connectivity index (χ3v) is 7.39. The Kier molecular flexibility index (Phi) is 7.73. The number of rotatable bonds is 9. The van der Waals surface area contributed by atoms with Gasteiger partial charge in [0.25, 0.3) is 0 Å². The Bertz CT molecular complexity index is 1200. The number of thiophene rings is 1. The highest BCUT2D eigenvalue weighted by Gasteiger charge is 2.30. The van der Waals surface area contributed by atoms with Crippen molar-refractivity contribution < 1.29 is 24.2 Å². The molecule has 1 aliphatic rings. The van der Waals surface area contributed by atoms with Crippen LogP contribution in [0.2, 0.25) is 4.34 Å². The fourth-order valence-electron chi connectivity index (χ4n) is 4.27. The first-order valence-electron chi connectivity index (χ1n) is 11.2. The molecule has 0 fully saturated rings. The van der Waals surface area contributed by atoms with Gasteiger partial charge in [-0.15, -0.1) is 11.3 Å². The second-order valence-electron chi connectivity index (χ2n) is 8.33. The van der Waals surface area contributed by atoms with E-state index in [9.17, 15) is 14.4 Å². The Morgan fingerprint density at radius 2 is 1.63 bits per heavy atom. The number of carboxylic acids is 1. The van der Waals surface area contributed by atoms with Gasteiger partial charge in [-0.2, -0.15) is 0 Å². The number of carbonyl (C=O) groups is 3. The van der Waals surface area contributed by atoms with Crippen LogP contribution in [0.3, 0.4) is 0 Å². The predicted molar refractivity (Wildman–Crippen MR) is 135 cm³/mol. The second kappa shape index (κ2) is 10.9. The van der Waals surface area contributed by atoms with Crippen molar-refractivity contribution >= 4 is 40.9 Å². The topological polar surface area (TPSA) is 105 Å². The van der Waals surface area contributed by atoms with Crippen molar-refractivity contribution in [3.8, 4) is 11.1 Å². The molecule has 4 rings (SSSR count). The molecular weight excluding hydrogens is 488 g/mol. The van der Waals surface area contributed by atoms with Crippen molar-refractivity contribution in [2.24, 2.45) is 0 Å². The zero-order chi connectivity index (χ0) is 24.9. The lowest BCUT2D eigenvalue weighted by atomic mass is 9.98. The number of alkyl carbamates (subject to hydrolysis) is 1. The van der Waals surface area contributed by atoms with Crippen LogP contribution in [0.25, 0.3) is 11.1 Å². The summed E-state index contributed by atoms with van der Waals surface area (Å²) < 4.78 is 6.12. The van der Waals surface area contributed by atoms with Gasteiger partial charge in [0.1, 0.15) is 12.6 Å². The minimum atomic E-state index is -1.06. The number of amides is 2. The lowest BCUT2D eigenvalue weighted by Crippen LogP contribution is -2.47. The Morgan fingerprint density at radius 3 is 2.20 bits per heavy atom. The van der Waals surface area contributed by atoms with Gasteiger partial charge in [0.15, 0.2) is 0 Å². The fraction of sp³-hybridized carbons (Fsp3) is 0.269. The number of hydrogen-bond donors (Lipinski definition) is 3. The quantitative estimate of drug-likeness (QED) is 0.358. The van der Waals surface area contributed by atoms with E-state index in [2.05, 4.69) is 10.6 Å². The molecular formula is C26H25ClN2O5S. The Labute approximate surface area is 212 Å². The number of benzene rings is 2. The van der Waals surface area contributed by atoms with Gasteiger partial charge in [0.05, 0.1) is 10.4 Å². The molecule has 0 bridgehead atoms. The summed E-state index contributed by atoms with van der Waals surface area (Å²) >= 11 is 7.31. The monoisotopic (exact) mass is 512 g/mol. The average molecular weight is 513 g/mol. The predicted octanol–water partition coefficient (Wildman–Crippen LogP) is 5.35. The van der Waals surface area contributed by atoms with Gasteiger partial charge >= 0.3 is 12.1 Å². The molecule has 0 saturated heterocycles. The van der Waals surface area contributed by atoms with Crippen molar-refractivity contribution in [1.82, 2.24) is 10.6 Å². The molecule has 35 heavy (non-hydrogen) atoms. The number of carboxylic acid groups (broad SMARTS) is 1. The van der Waals surface area contributed by atoms with Crippen LogP contribution in [0.15, 0.2) is 60.7 Å². The molecule has 0 aliphatic heterocycles. The summed E-state index contributed by atoms with van der Waals surface area (Å²) in [6.45, 7) is 1.89. The molecule has 3 aromatic rings. The normalized spacial score (nSPS) is 13.9. The third kappa shape index (κ3) is 5.83. The number of carbonyl (C=O) groups excluding carboxylic acids is 2. The zero-order valence-electron chi connectivity index (χ0n) is 19.0. The first-order chi connectivity index (χ1) is 16.8. The van der Waals surface area contributed by atoms with Crippen LogP contribution < -0.4 is 10.6 Å². The van der Waals surface area contributed by atoms with E-state index in [4.69, 9.17) is 21.4 Å². The van der Waals surface area contributed by atoms with Crippen LogP contribution in [0.1, 0.15) is 47.7 Å². The maximum Gasteiger partial charge on any atom is 0.407 e. The molecule has 2 atom stereocenters. The smallest absolute Gasteiger partial charge is 0.407 e. The third-order valence-electron chi connectivity index (χ3n) is 5.98. The molecule has 2 amide bonds. The largest absolute Gasteiger partial charge is 0.481 e. The van der Waals surface area contributed by atoms with Crippen molar-refractivity contribution in [2.45, 2.75) is 37.8 Å². The Hall–Kier alpha value is -3.36. The number of fused-ring (bicyclic) bond motifs is 3. The second-order valence-corrected chi connectivity index (χ2v) is 10.1. The molecule has 2 unspecified atom stereocenters. The summed E-state index contributed by atoms with van der Waals surface area (Å²) in [6.07, 6.45) is -1.12. The molecule has 7 nitrogen and oxygen atoms in total. The van der Waals surface area contributed by atoms with Gasteiger partial charge in [-0.3, -0.25) is 9.59 Å². The lowest BCUT2D eigenvalue weighted by molar-refractivity contribution is -0.137. The van der Waals surface area contributed by atoms with Gasteiger partial charge < -0.3 is 20.5 Å². The van der Waals surface area contributed by atoms with Crippen molar-refractivity contribution in [3.05, 3.63) is 81.0 Å². The Balaban J connectivity index is 1.41. The van der Waals surface area contributed by atoms with Crippen LogP contribution in [0.4, 0.5) is 4.79 Å². The standard InChI is InChI=1S/C26H25ClN2O5S/c1-15(22-11-12-23(27)35-22)28-25(32)21(10-13-24(30)31)29-26(33)34-14-20-18-8-4-2-6-16(18)17-7-3-5-9-19(17)20/h2-9,11-12,15,20-21H,10,13-14H2,1H3,(H,28,32)(H,29,33)(H,30,31). The fourth-order valence-corrected chi connectivity index (χ4v) is 5.33. The van der Waals surface area contributed by atoms with Gasteiger partial charge in [0, 0.05) is 17.2 Å². The number of aliphatic carboxylic acids is 1. The van der Waals surface area contributed by atoms with E-state index in [0.29, 0.717) is 4.34 Å². The number of nitrogens with one attached hydrogen (secondary N) is 2. The average Bonchev–Trinajstić information content (AvgIpc) is 3.41. The molecule has 0 saturated carbocycles. The van der Waals surface area contributed by atoms with Crippen LogP contribution in [-0.4, -0.2) is 35.7 Å². The van der Waals surface area contributed by atoms with Crippen molar-refractivity contribution in [2.75, 3.05) is 6.61 Å². The van der Waals surface area contributed by atoms with Gasteiger partial charge in [-0.25, -0.2) is 4.79 Å². The van der Waals surface area contributed by atoms with Gasteiger partial charge in [-0.05, 0) is 47.7 Å². The zero-order valence-corrected chi connectivity index (χ0v) is 20.6. The summed E-state index contributed by atoms with van der Waals surface area (Å²) in [5.74, 6) is -1.67. The maximum atomic E-state index is 12.9. The van der Waals surface area contributed by atoms with E-state index < -0.39 is 24.0 Å². The van der Waals surface area contributed by atoms with E-state index in [0.717, 1.165) is 27.1 Å².